The van der Waals surface area contributed by atoms with E-state index in [-0.39, 0.29) is 24.3 Å². The van der Waals surface area contributed by atoms with Crippen LogP contribution in [0.15, 0.2) is 74.7 Å². The lowest BCUT2D eigenvalue weighted by Gasteiger charge is -2.42. The quantitative estimate of drug-likeness (QED) is 0.207. The Kier molecular flexibility index (Phi) is 6.45. The molecule has 4 aromatic rings. The molecule has 2 aromatic carbocycles. The van der Waals surface area contributed by atoms with Crippen LogP contribution in [-0.2, 0) is 17.8 Å². The molecule has 0 saturated carbocycles. The van der Waals surface area contributed by atoms with E-state index in [1.54, 1.807) is 23.1 Å². The molecule has 1 saturated heterocycles. The summed E-state index contributed by atoms with van der Waals surface area (Å²) in [5, 5.41) is 12.0. The molecule has 0 N–H and O–H groups in total. The fourth-order valence-electron chi connectivity index (χ4n) is 5.98. The third kappa shape index (κ3) is 4.66. The topological polar surface area (TPSA) is 125 Å². The SMILES string of the molecule is Cc1c(Cc2ccccc2)c(=O)oc2cc(OCC(=O)N3C[C@H]4C[C@@H](C3)c3ccc([N+](=O)[O-])c(=O)n3C4)ccc12. The van der Waals surface area contributed by atoms with E-state index in [9.17, 15) is 24.5 Å². The van der Waals surface area contributed by atoms with Crippen LogP contribution in [0.4, 0.5) is 5.69 Å². The summed E-state index contributed by atoms with van der Waals surface area (Å²) in [5.74, 6) is 0.176. The zero-order valence-corrected chi connectivity index (χ0v) is 21.9. The van der Waals surface area contributed by atoms with Gasteiger partial charge in [0.25, 0.3) is 5.91 Å². The van der Waals surface area contributed by atoms with E-state index in [0.717, 1.165) is 28.6 Å². The normalized spacial score (nSPS) is 17.9. The molecule has 2 bridgehead atoms. The average Bonchev–Trinajstić information content (AvgIpc) is 2.94. The minimum absolute atomic E-state index is 0.0258. The first-order chi connectivity index (χ1) is 19.3. The zero-order valence-electron chi connectivity index (χ0n) is 21.9. The van der Waals surface area contributed by atoms with Crippen molar-refractivity contribution in [2.75, 3.05) is 19.7 Å². The number of ether oxygens (including phenoxy) is 1. The number of nitro groups is 1. The van der Waals surface area contributed by atoms with Crippen molar-refractivity contribution in [3.63, 3.8) is 0 Å². The van der Waals surface area contributed by atoms with Crippen molar-refractivity contribution in [2.45, 2.75) is 32.2 Å². The van der Waals surface area contributed by atoms with Gasteiger partial charge in [-0.25, -0.2) is 4.79 Å². The van der Waals surface area contributed by atoms with Gasteiger partial charge >= 0.3 is 16.9 Å². The number of hydrogen-bond donors (Lipinski definition) is 0. The molecule has 10 nitrogen and oxygen atoms in total. The summed E-state index contributed by atoms with van der Waals surface area (Å²) >= 11 is 0. The number of carbonyl (C=O) groups excluding carboxylic acids is 1. The molecule has 1 fully saturated rings. The van der Waals surface area contributed by atoms with Crippen molar-refractivity contribution in [3.05, 3.63) is 114 Å². The summed E-state index contributed by atoms with van der Waals surface area (Å²) < 4.78 is 12.9. The molecule has 2 aromatic heterocycles. The second kappa shape index (κ2) is 10.1. The highest BCUT2D eigenvalue weighted by molar-refractivity contribution is 5.83. The van der Waals surface area contributed by atoms with Crippen molar-refractivity contribution < 1.29 is 18.9 Å². The number of pyridine rings is 1. The first-order valence-corrected chi connectivity index (χ1v) is 13.2. The van der Waals surface area contributed by atoms with Crippen molar-refractivity contribution in [3.8, 4) is 5.75 Å². The molecule has 0 aliphatic carbocycles. The number of nitrogens with zero attached hydrogens (tertiary/aromatic N) is 3. The lowest BCUT2D eigenvalue weighted by molar-refractivity contribution is -0.386. The van der Waals surface area contributed by atoms with Crippen LogP contribution in [0.5, 0.6) is 5.75 Å². The molecule has 4 heterocycles. The number of piperidine rings is 1. The third-order valence-electron chi connectivity index (χ3n) is 7.98. The van der Waals surface area contributed by atoms with Gasteiger partial charge in [-0.05, 0) is 48.6 Å². The van der Waals surface area contributed by atoms with E-state index in [4.69, 9.17) is 9.15 Å². The van der Waals surface area contributed by atoms with Crippen LogP contribution >= 0.6 is 0 Å². The summed E-state index contributed by atoms with van der Waals surface area (Å²) in [6.45, 7) is 2.91. The summed E-state index contributed by atoms with van der Waals surface area (Å²) in [5.41, 5.74) is 2.18. The molecule has 2 aliphatic heterocycles. The van der Waals surface area contributed by atoms with E-state index in [2.05, 4.69) is 0 Å². The molecule has 40 heavy (non-hydrogen) atoms. The fourth-order valence-corrected chi connectivity index (χ4v) is 5.98. The van der Waals surface area contributed by atoms with Gasteiger partial charge in [0.2, 0.25) is 0 Å². The number of benzene rings is 2. The standard InChI is InChI=1S/C30H27N3O7/c1-18-23-8-7-22(13-27(23)40-30(36)24(18)12-19-5-3-2-4-6-19)39-17-28(34)31-14-20-11-21(16-31)25-9-10-26(33(37)38)29(35)32(25)15-20/h2-10,13,20-21H,11-12,14-17H2,1H3/t20-,21+/m1/s1. The Morgan fingerprint density at radius 1 is 1.07 bits per heavy atom. The van der Waals surface area contributed by atoms with Gasteiger partial charge in [0, 0.05) is 60.7 Å². The van der Waals surface area contributed by atoms with Gasteiger partial charge in [0.15, 0.2) is 6.61 Å². The highest BCUT2D eigenvalue weighted by atomic mass is 16.6. The van der Waals surface area contributed by atoms with Gasteiger partial charge < -0.3 is 18.6 Å². The Hall–Kier alpha value is -4.73. The fraction of sp³-hybridized carbons (Fsp3) is 0.300. The maximum atomic E-state index is 13.1. The average molecular weight is 542 g/mol. The summed E-state index contributed by atoms with van der Waals surface area (Å²) in [6.07, 6.45) is 1.29. The van der Waals surface area contributed by atoms with Crippen LogP contribution < -0.4 is 15.9 Å². The Morgan fingerprint density at radius 3 is 2.65 bits per heavy atom. The second-order valence-electron chi connectivity index (χ2n) is 10.5. The number of fused-ring (bicyclic) bond motifs is 5. The molecule has 2 atom stereocenters. The first kappa shape index (κ1) is 25.5. The predicted octanol–water partition coefficient (Wildman–Crippen LogP) is 3.79. The Balaban J connectivity index is 1.15. The highest BCUT2D eigenvalue weighted by Crippen LogP contribution is 2.35. The van der Waals surface area contributed by atoms with Gasteiger partial charge in [0.1, 0.15) is 11.3 Å². The molecule has 0 unspecified atom stereocenters. The zero-order chi connectivity index (χ0) is 28.0. The molecule has 10 heteroatoms. The van der Waals surface area contributed by atoms with Gasteiger partial charge in [0.05, 0.1) is 4.92 Å². The summed E-state index contributed by atoms with van der Waals surface area (Å²) in [6, 6.07) is 17.8. The van der Waals surface area contributed by atoms with Gasteiger partial charge in [-0.1, -0.05) is 30.3 Å². The van der Waals surface area contributed by atoms with Crippen LogP contribution in [-0.4, -0.2) is 40.0 Å². The van der Waals surface area contributed by atoms with Crippen LogP contribution in [0.3, 0.4) is 0 Å². The number of aromatic nitrogens is 1. The van der Waals surface area contributed by atoms with E-state index in [0.29, 0.717) is 43.0 Å². The van der Waals surface area contributed by atoms with Crippen molar-refractivity contribution >= 4 is 22.6 Å². The van der Waals surface area contributed by atoms with Gasteiger partial charge in [-0.2, -0.15) is 0 Å². The molecule has 6 rings (SSSR count). The number of carbonyl (C=O) groups is 1. The van der Waals surface area contributed by atoms with Gasteiger partial charge in [-0.3, -0.25) is 19.7 Å². The smallest absolute Gasteiger partial charge is 0.340 e. The number of likely N-dealkylation sites (tertiary alicyclic amines) is 1. The Labute approximate surface area is 228 Å². The molecule has 0 spiro atoms. The molecule has 2 aliphatic rings. The van der Waals surface area contributed by atoms with E-state index in [1.165, 1.54) is 10.6 Å². The molecule has 1 amide bonds. The molecular formula is C30H27N3O7. The molecular weight excluding hydrogens is 514 g/mol. The van der Waals surface area contributed by atoms with Crippen molar-refractivity contribution in [2.24, 2.45) is 5.92 Å². The Morgan fingerprint density at radius 2 is 1.88 bits per heavy atom. The van der Waals surface area contributed by atoms with E-state index >= 15 is 0 Å². The number of aryl methyl sites for hydroxylation is 1. The molecule has 204 valence electrons. The minimum Gasteiger partial charge on any atom is -0.484 e. The predicted molar refractivity (Wildman–Crippen MR) is 147 cm³/mol. The lowest BCUT2D eigenvalue weighted by atomic mass is 9.83. The van der Waals surface area contributed by atoms with E-state index in [1.807, 2.05) is 43.3 Å². The number of hydrogen-bond acceptors (Lipinski definition) is 7. The van der Waals surface area contributed by atoms with Crippen LogP contribution in [0.1, 0.15) is 34.7 Å². The summed E-state index contributed by atoms with van der Waals surface area (Å²) in [7, 11) is 0. The monoisotopic (exact) mass is 541 g/mol. The number of amides is 1. The maximum absolute atomic E-state index is 13.1. The lowest BCUT2D eigenvalue weighted by Crippen LogP contribution is -2.50. The highest BCUT2D eigenvalue weighted by Gasteiger charge is 2.37. The number of rotatable bonds is 6. The second-order valence-corrected chi connectivity index (χ2v) is 10.5. The van der Waals surface area contributed by atoms with Crippen molar-refractivity contribution in [1.29, 1.82) is 0 Å². The largest absolute Gasteiger partial charge is 0.484 e. The Bertz CT molecular complexity index is 1760. The summed E-state index contributed by atoms with van der Waals surface area (Å²) in [4.78, 5) is 50.7. The molecule has 0 radical (unpaired) electrons. The van der Waals surface area contributed by atoms with Crippen LogP contribution in [0.2, 0.25) is 0 Å². The van der Waals surface area contributed by atoms with Crippen LogP contribution in [0.25, 0.3) is 11.0 Å². The maximum Gasteiger partial charge on any atom is 0.340 e. The van der Waals surface area contributed by atoms with Gasteiger partial charge in [-0.15, -0.1) is 0 Å². The van der Waals surface area contributed by atoms with E-state index < -0.39 is 21.8 Å². The van der Waals surface area contributed by atoms with Crippen LogP contribution in [0, 0.1) is 23.0 Å². The first-order valence-electron chi connectivity index (χ1n) is 13.2. The minimum atomic E-state index is -0.657. The third-order valence-corrected chi connectivity index (χ3v) is 7.98. The van der Waals surface area contributed by atoms with Crippen molar-refractivity contribution in [1.82, 2.24) is 9.47 Å².